The highest BCUT2D eigenvalue weighted by molar-refractivity contribution is 5.99. The summed E-state index contributed by atoms with van der Waals surface area (Å²) in [6.07, 6.45) is -4.19. The fourth-order valence-electron chi connectivity index (χ4n) is 4.27. The Morgan fingerprint density at radius 2 is 2.06 bits per heavy atom. The molecule has 2 unspecified atom stereocenters. The van der Waals surface area contributed by atoms with Crippen molar-refractivity contribution in [3.8, 4) is 11.4 Å². The molecule has 2 aromatic rings. The SMILES string of the molecule is CC1(C(=O)NC2CCOCC2N2Cc3ccc(-c4noc(C(F)(F)F)n4)cc3C2=O)COC1. The van der Waals surface area contributed by atoms with Crippen LogP contribution in [-0.4, -0.2) is 65.4 Å². The number of halogens is 3. The van der Waals surface area contributed by atoms with Crippen LogP contribution in [0.25, 0.3) is 11.4 Å². The van der Waals surface area contributed by atoms with Gasteiger partial charge in [-0.1, -0.05) is 17.3 Å². The number of carbonyl (C=O) groups is 2. The van der Waals surface area contributed by atoms with E-state index in [1.165, 1.54) is 6.07 Å². The van der Waals surface area contributed by atoms with Crippen LogP contribution in [0.1, 0.15) is 35.2 Å². The summed E-state index contributed by atoms with van der Waals surface area (Å²) >= 11 is 0. The second-order valence-electron chi connectivity index (χ2n) is 8.79. The van der Waals surface area contributed by atoms with Gasteiger partial charge in [0.2, 0.25) is 11.7 Å². The van der Waals surface area contributed by atoms with Gasteiger partial charge in [0.1, 0.15) is 0 Å². The zero-order valence-electron chi connectivity index (χ0n) is 17.6. The molecule has 0 bridgehead atoms. The average molecular weight is 466 g/mol. The first-order chi connectivity index (χ1) is 15.7. The molecule has 2 saturated heterocycles. The molecule has 12 heteroatoms. The molecular formula is C21H21F3N4O5. The molecule has 3 aliphatic rings. The van der Waals surface area contributed by atoms with Gasteiger partial charge < -0.3 is 24.2 Å². The van der Waals surface area contributed by atoms with Crippen molar-refractivity contribution in [1.29, 1.82) is 0 Å². The van der Waals surface area contributed by atoms with Crippen molar-refractivity contribution in [2.24, 2.45) is 5.41 Å². The van der Waals surface area contributed by atoms with E-state index in [0.29, 0.717) is 38.3 Å². The number of benzene rings is 1. The topological polar surface area (TPSA) is 107 Å². The van der Waals surface area contributed by atoms with E-state index in [9.17, 15) is 22.8 Å². The molecule has 1 N–H and O–H groups in total. The van der Waals surface area contributed by atoms with Crippen LogP contribution in [-0.2, 0) is 27.0 Å². The number of nitrogens with zero attached hydrogens (tertiary/aromatic N) is 3. The van der Waals surface area contributed by atoms with Crippen molar-refractivity contribution in [2.75, 3.05) is 26.4 Å². The standard InChI is InChI=1S/C21H21F3N4O5/c1-20(9-32-10-20)18(30)25-14-4-5-31-8-15(14)28-7-12-3-2-11(6-13(12)17(28)29)16-26-19(33-27-16)21(22,23)24/h2-3,6,14-15H,4-5,7-10H2,1H3,(H,25,30). The van der Waals surface area contributed by atoms with Gasteiger partial charge in [-0.3, -0.25) is 9.59 Å². The van der Waals surface area contributed by atoms with E-state index in [1.54, 1.807) is 17.0 Å². The van der Waals surface area contributed by atoms with Gasteiger partial charge in [0.25, 0.3) is 5.91 Å². The number of fused-ring (bicyclic) bond motifs is 1. The maximum absolute atomic E-state index is 13.2. The highest BCUT2D eigenvalue weighted by atomic mass is 19.4. The van der Waals surface area contributed by atoms with E-state index < -0.39 is 17.5 Å². The number of hydrogen-bond acceptors (Lipinski definition) is 7. The Bertz CT molecular complexity index is 1100. The van der Waals surface area contributed by atoms with E-state index in [2.05, 4.69) is 20.0 Å². The Morgan fingerprint density at radius 1 is 1.27 bits per heavy atom. The number of amides is 2. The minimum atomic E-state index is -4.75. The molecule has 0 saturated carbocycles. The van der Waals surface area contributed by atoms with E-state index in [1.807, 2.05) is 6.92 Å². The summed E-state index contributed by atoms with van der Waals surface area (Å²) in [7, 11) is 0. The molecule has 176 valence electrons. The van der Waals surface area contributed by atoms with Crippen LogP contribution in [0.15, 0.2) is 22.7 Å². The molecule has 5 rings (SSSR count). The van der Waals surface area contributed by atoms with E-state index in [-0.39, 0.29) is 41.9 Å². The lowest BCUT2D eigenvalue weighted by Gasteiger charge is -2.42. The number of hydrogen-bond donors (Lipinski definition) is 1. The van der Waals surface area contributed by atoms with Crippen LogP contribution in [0.4, 0.5) is 13.2 Å². The summed E-state index contributed by atoms with van der Waals surface area (Å²) in [4.78, 5) is 31.0. The zero-order valence-corrected chi connectivity index (χ0v) is 17.6. The highest BCUT2D eigenvalue weighted by Crippen LogP contribution is 2.33. The molecule has 0 spiro atoms. The third-order valence-corrected chi connectivity index (χ3v) is 6.30. The average Bonchev–Trinajstić information content (AvgIpc) is 3.38. The summed E-state index contributed by atoms with van der Waals surface area (Å²) in [5, 5.41) is 6.44. The molecule has 1 aromatic heterocycles. The van der Waals surface area contributed by atoms with Crippen molar-refractivity contribution in [2.45, 2.75) is 38.1 Å². The predicted molar refractivity (Wildman–Crippen MR) is 105 cm³/mol. The van der Waals surface area contributed by atoms with Crippen LogP contribution >= 0.6 is 0 Å². The van der Waals surface area contributed by atoms with Crippen LogP contribution in [0, 0.1) is 5.41 Å². The fraction of sp³-hybridized carbons (Fsp3) is 0.524. The number of rotatable bonds is 4. The number of alkyl halides is 3. The van der Waals surface area contributed by atoms with Gasteiger partial charge in [-0.05, 0) is 25.0 Å². The summed E-state index contributed by atoms with van der Waals surface area (Å²) < 4.78 is 53.4. The number of nitrogens with one attached hydrogen (secondary N) is 1. The Kier molecular flexibility index (Phi) is 5.16. The maximum Gasteiger partial charge on any atom is 0.471 e. The summed E-state index contributed by atoms with van der Waals surface area (Å²) in [5.74, 6) is -2.11. The second-order valence-corrected chi connectivity index (χ2v) is 8.79. The Hall–Kier alpha value is -2.99. The minimum Gasteiger partial charge on any atom is -0.379 e. The first-order valence-electron chi connectivity index (χ1n) is 10.5. The molecule has 0 aliphatic carbocycles. The molecule has 1 aromatic carbocycles. The molecule has 3 aliphatic heterocycles. The van der Waals surface area contributed by atoms with Gasteiger partial charge in [-0.15, -0.1) is 0 Å². The van der Waals surface area contributed by atoms with Crippen LogP contribution in [0.2, 0.25) is 0 Å². The highest BCUT2D eigenvalue weighted by Gasteiger charge is 2.45. The Balaban J connectivity index is 1.35. The lowest BCUT2D eigenvalue weighted by Crippen LogP contribution is -2.61. The Morgan fingerprint density at radius 3 is 2.73 bits per heavy atom. The molecule has 2 fully saturated rings. The minimum absolute atomic E-state index is 0.116. The molecule has 33 heavy (non-hydrogen) atoms. The first kappa shape index (κ1) is 21.8. The molecule has 2 atom stereocenters. The van der Waals surface area contributed by atoms with Gasteiger partial charge in [0.05, 0.1) is 37.3 Å². The smallest absolute Gasteiger partial charge is 0.379 e. The lowest BCUT2D eigenvalue weighted by atomic mass is 9.86. The molecule has 9 nitrogen and oxygen atoms in total. The predicted octanol–water partition coefficient (Wildman–Crippen LogP) is 2.02. The summed E-state index contributed by atoms with van der Waals surface area (Å²) in [5.41, 5.74) is 0.736. The van der Waals surface area contributed by atoms with Gasteiger partial charge in [0, 0.05) is 24.3 Å². The normalized spacial score (nSPS) is 24.4. The van der Waals surface area contributed by atoms with Gasteiger partial charge in [-0.25, -0.2) is 0 Å². The largest absolute Gasteiger partial charge is 0.471 e. The van der Waals surface area contributed by atoms with Gasteiger partial charge in [-0.2, -0.15) is 18.2 Å². The lowest BCUT2D eigenvalue weighted by molar-refractivity contribution is -0.160. The summed E-state index contributed by atoms with van der Waals surface area (Å²) in [6.45, 7) is 3.58. The monoisotopic (exact) mass is 466 g/mol. The van der Waals surface area contributed by atoms with E-state index in [0.717, 1.165) is 5.56 Å². The third kappa shape index (κ3) is 3.86. The number of ether oxygens (including phenoxy) is 2. The molecule has 2 amide bonds. The van der Waals surface area contributed by atoms with Crippen molar-refractivity contribution >= 4 is 11.8 Å². The van der Waals surface area contributed by atoms with Crippen molar-refractivity contribution in [1.82, 2.24) is 20.4 Å². The van der Waals surface area contributed by atoms with Gasteiger partial charge in [0.15, 0.2) is 0 Å². The molecular weight excluding hydrogens is 445 g/mol. The molecule has 4 heterocycles. The van der Waals surface area contributed by atoms with Crippen LogP contribution < -0.4 is 5.32 Å². The van der Waals surface area contributed by atoms with E-state index >= 15 is 0 Å². The van der Waals surface area contributed by atoms with E-state index in [4.69, 9.17) is 9.47 Å². The fourth-order valence-corrected chi connectivity index (χ4v) is 4.27. The maximum atomic E-state index is 13.2. The summed E-state index contributed by atoms with van der Waals surface area (Å²) in [6, 6.07) is 4.02. The van der Waals surface area contributed by atoms with Crippen molar-refractivity contribution in [3.63, 3.8) is 0 Å². The van der Waals surface area contributed by atoms with Crippen LogP contribution in [0.3, 0.4) is 0 Å². The van der Waals surface area contributed by atoms with Crippen molar-refractivity contribution in [3.05, 3.63) is 35.2 Å². The number of carbonyl (C=O) groups excluding carboxylic acids is 2. The van der Waals surface area contributed by atoms with Crippen LogP contribution in [0.5, 0.6) is 0 Å². The molecule has 0 radical (unpaired) electrons. The van der Waals surface area contributed by atoms with Crippen molar-refractivity contribution < 1.29 is 36.8 Å². The second kappa shape index (κ2) is 7.80. The third-order valence-electron chi connectivity index (χ3n) is 6.30. The number of aromatic nitrogens is 2. The Labute approximate surface area is 186 Å². The first-order valence-corrected chi connectivity index (χ1v) is 10.5. The quantitative estimate of drug-likeness (QED) is 0.735. The van der Waals surface area contributed by atoms with Gasteiger partial charge >= 0.3 is 12.1 Å². The zero-order chi connectivity index (χ0) is 23.4.